The van der Waals surface area contributed by atoms with Crippen molar-refractivity contribution < 1.29 is 35.9 Å². The molecule has 1 saturated carbocycles. The second kappa shape index (κ2) is 8.93. The van der Waals surface area contributed by atoms with Crippen LogP contribution in [-0.4, -0.2) is 41.2 Å². The summed E-state index contributed by atoms with van der Waals surface area (Å²) in [5.74, 6) is -2.44. The standard InChI is InChI=1S/C20H21F6N3O2/c21-19(22,23)13-5-3-12(4-6-13)18(30)29-7-1-2-15(29)11-31-17-8-14(20(24,25)26)10-28-16(17)9-27/h8,10,12-13,15H,1-7,11H2/t12?,13?,15-/m1/s1. The first-order chi connectivity index (χ1) is 14.5. The summed E-state index contributed by atoms with van der Waals surface area (Å²) in [4.78, 5) is 17.9. The number of ether oxygens (including phenoxy) is 1. The van der Waals surface area contributed by atoms with Gasteiger partial charge in [-0.15, -0.1) is 0 Å². The van der Waals surface area contributed by atoms with Crippen LogP contribution in [0.4, 0.5) is 26.3 Å². The summed E-state index contributed by atoms with van der Waals surface area (Å²) >= 11 is 0. The van der Waals surface area contributed by atoms with Gasteiger partial charge in [-0.2, -0.15) is 31.6 Å². The van der Waals surface area contributed by atoms with Gasteiger partial charge < -0.3 is 9.64 Å². The van der Waals surface area contributed by atoms with E-state index in [2.05, 4.69) is 4.98 Å². The third-order valence-electron chi connectivity index (χ3n) is 5.92. The quantitative estimate of drug-likeness (QED) is 0.625. The third-order valence-corrected chi connectivity index (χ3v) is 5.92. The Bertz CT molecular complexity index is 841. The number of amides is 1. The van der Waals surface area contributed by atoms with Crippen LogP contribution in [-0.2, 0) is 11.0 Å². The van der Waals surface area contributed by atoms with Crippen LogP contribution in [0.15, 0.2) is 12.3 Å². The zero-order chi connectivity index (χ0) is 22.8. The zero-order valence-corrected chi connectivity index (χ0v) is 16.5. The molecule has 1 amide bonds. The van der Waals surface area contributed by atoms with E-state index in [0.29, 0.717) is 31.6 Å². The van der Waals surface area contributed by atoms with Gasteiger partial charge in [0.2, 0.25) is 5.91 Å². The summed E-state index contributed by atoms with van der Waals surface area (Å²) in [6.45, 7) is 0.291. The molecule has 0 N–H and O–H groups in total. The predicted octanol–water partition coefficient (Wildman–Crippen LogP) is 4.71. The highest BCUT2D eigenvalue weighted by atomic mass is 19.4. The molecule has 1 aliphatic carbocycles. The molecule has 0 aromatic carbocycles. The van der Waals surface area contributed by atoms with E-state index in [-0.39, 0.29) is 49.6 Å². The molecule has 2 fully saturated rings. The number of nitriles is 1. The number of nitrogens with zero attached hydrogens (tertiary/aromatic N) is 3. The first kappa shape index (κ1) is 23.2. The van der Waals surface area contributed by atoms with Crippen molar-refractivity contribution in [3.63, 3.8) is 0 Å². The summed E-state index contributed by atoms with van der Waals surface area (Å²) < 4.78 is 82.7. The van der Waals surface area contributed by atoms with E-state index in [1.165, 1.54) is 0 Å². The van der Waals surface area contributed by atoms with Gasteiger partial charge in [0, 0.05) is 18.7 Å². The average molecular weight is 449 g/mol. The first-order valence-corrected chi connectivity index (χ1v) is 9.98. The van der Waals surface area contributed by atoms with E-state index in [9.17, 15) is 31.1 Å². The Labute approximate surface area is 175 Å². The summed E-state index contributed by atoms with van der Waals surface area (Å²) in [7, 11) is 0. The van der Waals surface area contributed by atoms with Gasteiger partial charge in [-0.3, -0.25) is 4.79 Å². The molecule has 2 heterocycles. The molecular formula is C20H21F6N3O2. The number of hydrogen-bond donors (Lipinski definition) is 0. The van der Waals surface area contributed by atoms with E-state index < -0.39 is 35.8 Å². The second-order valence-electron chi connectivity index (χ2n) is 7.91. The molecule has 170 valence electrons. The molecule has 2 aliphatic rings. The Balaban J connectivity index is 1.63. The Hall–Kier alpha value is -2.51. The Kier molecular flexibility index (Phi) is 6.67. The summed E-state index contributed by atoms with van der Waals surface area (Å²) in [5.41, 5.74) is -1.35. The molecule has 0 radical (unpaired) electrons. The second-order valence-corrected chi connectivity index (χ2v) is 7.91. The third kappa shape index (κ3) is 5.40. The molecule has 11 heteroatoms. The van der Waals surface area contributed by atoms with Crippen LogP contribution >= 0.6 is 0 Å². The number of halogens is 6. The smallest absolute Gasteiger partial charge is 0.418 e. The minimum atomic E-state index is -4.65. The van der Waals surface area contributed by atoms with Crippen molar-refractivity contribution in [3.05, 3.63) is 23.5 Å². The molecular weight excluding hydrogens is 428 g/mol. The van der Waals surface area contributed by atoms with Crippen molar-refractivity contribution in [2.75, 3.05) is 13.2 Å². The lowest BCUT2D eigenvalue weighted by Gasteiger charge is -2.33. The number of carbonyl (C=O) groups excluding carboxylic acids is 1. The lowest BCUT2D eigenvalue weighted by atomic mass is 9.81. The molecule has 0 bridgehead atoms. The monoisotopic (exact) mass is 449 g/mol. The Morgan fingerprint density at radius 1 is 1.16 bits per heavy atom. The topological polar surface area (TPSA) is 66.2 Å². The molecule has 1 aromatic rings. The zero-order valence-electron chi connectivity index (χ0n) is 16.5. The largest absolute Gasteiger partial charge is 0.488 e. The van der Waals surface area contributed by atoms with E-state index in [1.807, 2.05) is 0 Å². The van der Waals surface area contributed by atoms with Crippen LogP contribution in [0.5, 0.6) is 5.75 Å². The van der Waals surface area contributed by atoms with Crippen molar-refractivity contribution in [1.29, 1.82) is 5.26 Å². The SMILES string of the molecule is N#Cc1ncc(C(F)(F)F)cc1OC[C@H]1CCCN1C(=O)C1CCC(C(F)(F)F)CC1. The van der Waals surface area contributed by atoms with E-state index in [0.717, 1.165) is 0 Å². The van der Waals surface area contributed by atoms with Crippen molar-refractivity contribution in [1.82, 2.24) is 9.88 Å². The lowest BCUT2D eigenvalue weighted by Crippen LogP contribution is -2.44. The van der Waals surface area contributed by atoms with E-state index in [1.54, 1.807) is 11.0 Å². The number of pyridine rings is 1. The number of likely N-dealkylation sites (tertiary alicyclic amines) is 1. The maximum absolute atomic E-state index is 12.9. The summed E-state index contributed by atoms with van der Waals surface area (Å²) in [6, 6.07) is 1.95. The van der Waals surface area contributed by atoms with Crippen LogP contribution in [0.2, 0.25) is 0 Å². The van der Waals surface area contributed by atoms with Crippen LogP contribution in [0, 0.1) is 23.2 Å². The number of rotatable bonds is 4. The Morgan fingerprint density at radius 2 is 1.84 bits per heavy atom. The Morgan fingerprint density at radius 3 is 2.42 bits per heavy atom. The van der Waals surface area contributed by atoms with Gasteiger partial charge >= 0.3 is 12.4 Å². The van der Waals surface area contributed by atoms with Gasteiger partial charge in [0.05, 0.1) is 17.5 Å². The highest BCUT2D eigenvalue weighted by molar-refractivity contribution is 5.79. The minimum Gasteiger partial charge on any atom is -0.488 e. The van der Waals surface area contributed by atoms with Crippen molar-refractivity contribution in [2.24, 2.45) is 11.8 Å². The van der Waals surface area contributed by atoms with Gasteiger partial charge in [-0.05, 0) is 44.6 Å². The molecule has 31 heavy (non-hydrogen) atoms. The van der Waals surface area contributed by atoms with Crippen LogP contribution in [0.3, 0.4) is 0 Å². The van der Waals surface area contributed by atoms with Gasteiger partial charge in [0.1, 0.15) is 12.7 Å². The number of alkyl halides is 6. The number of hydrogen-bond acceptors (Lipinski definition) is 4. The average Bonchev–Trinajstić information content (AvgIpc) is 3.18. The van der Waals surface area contributed by atoms with Crippen LogP contribution in [0.25, 0.3) is 0 Å². The van der Waals surface area contributed by atoms with E-state index >= 15 is 0 Å². The molecule has 0 spiro atoms. The van der Waals surface area contributed by atoms with Crippen molar-refractivity contribution >= 4 is 5.91 Å². The maximum Gasteiger partial charge on any atom is 0.418 e. The minimum absolute atomic E-state index is 0.0870. The molecule has 1 saturated heterocycles. The van der Waals surface area contributed by atoms with Crippen LogP contribution < -0.4 is 4.74 Å². The fourth-order valence-electron chi connectivity index (χ4n) is 4.18. The first-order valence-electron chi connectivity index (χ1n) is 9.98. The van der Waals surface area contributed by atoms with E-state index in [4.69, 9.17) is 10.00 Å². The van der Waals surface area contributed by atoms with Gasteiger partial charge in [-0.1, -0.05) is 0 Å². The molecule has 5 nitrogen and oxygen atoms in total. The normalized spacial score (nSPS) is 24.7. The number of aromatic nitrogens is 1. The predicted molar refractivity (Wildman–Crippen MR) is 95.7 cm³/mol. The lowest BCUT2D eigenvalue weighted by molar-refractivity contribution is -0.185. The fourth-order valence-corrected chi connectivity index (χ4v) is 4.18. The summed E-state index contributed by atoms with van der Waals surface area (Å²) in [6.07, 6.45) is -7.01. The summed E-state index contributed by atoms with van der Waals surface area (Å²) in [5, 5.41) is 9.07. The molecule has 1 aromatic heterocycles. The molecule has 1 atom stereocenters. The number of carbonyl (C=O) groups is 1. The van der Waals surface area contributed by atoms with Gasteiger partial charge in [0.25, 0.3) is 0 Å². The fraction of sp³-hybridized carbons (Fsp3) is 0.650. The highest BCUT2D eigenvalue weighted by Gasteiger charge is 2.44. The highest BCUT2D eigenvalue weighted by Crippen LogP contribution is 2.40. The molecule has 1 aliphatic heterocycles. The van der Waals surface area contributed by atoms with Gasteiger partial charge in [-0.25, -0.2) is 4.98 Å². The van der Waals surface area contributed by atoms with Crippen LogP contribution in [0.1, 0.15) is 49.8 Å². The maximum atomic E-state index is 12.9. The van der Waals surface area contributed by atoms with Crippen molar-refractivity contribution in [3.8, 4) is 11.8 Å². The van der Waals surface area contributed by atoms with Gasteiger partial charge in [0.15, 0.2) is 11.4 Å². The van der Waals surface area contributed by atoms with Crippen molar-refractivity contribution in [2.45, 2.75) is 56.9 Å². The molecule has 3 rings (SSSR count). The molecule has 0 unspecified atom stereocenters.